The van der Waals surface area contributed by atoms with E-state index in [0.717, 1.165) is 0 Å². The number of benzene rings is 1. The quantitative estimate of drug-likeness (QED) is 0.792. The normalized spacial score (nSPS) is 9.84. The van der Waals surface area contributed by atoms with Crippen molar-refractivity contribution < 1.29 is 23.5 Å². The van der Waals surface area contributed by atoms with E-state index in [0.29, 0.717) is 16.6 Å². The molecular weight excluding hydrogens is 326 g/mol. The third-order valence-electron chi connectivity index (χ3n) is 1.98. The van der Waals surface area contributed by atoms with Gasteiger partial charge in [0.25, 0.3) is 0 Å². The number of nitrogens with one attached hydrogen (secondary N) is 2. The topological polar surface area (TPSA) is 78.4 Å². The first kappa shape index (κ1) is 15.1. The van der Waals surface area contributed by atoms with Gasteiger partial charge in [0.1, 0.15) is 11.6 Å². The average molecular weight is 335 g/mol. The van der Waals surface area contributed by atoms with E-state index in [2.05, 4.69) is 33.1 Å². The van der Waals surface area contributed by atoms with Gasteiger partial charge in [0, 0.05) is 10.5 Å². The zero-order valence-corrected chi connectivity index (χ0v) is 11.1. The lowest BCUT2D eigenvalue weighted by molar-refractivity contribution is 0.0692. The zero-order chi connectivity index (χ0) is 14.6. The van der Waals surface area contributed by atoms with E-state index >= 15 is 0 Å². The summed E-state index contributed by atoms with van der Waals surface area (Å²) in [7, 11) is 0. The largest absolute Gasteiger partial charge is 0.478 e. The molecule has 0 saturated carbocycles. The zero-order valence-electron chi connectivity index (χ0n) is 9.47. The molecule has 1 aromatic rings. The summed E-state index contributed by atoms with van der Waals surface area (Å²) < 4.78 is 27.0. The maximum atomic E-state index is 13.4. The van der Waals surface area contributed by atoms with E-state index in [1.54, 1.807) is 0 Å². The molecule has 1 aromatic carbocycles. The summed E-state index contributed by atoms with van der Waals surface area (Å²) in [5, 5.41) is 13.1. The second-order valence-electron chi connectivity index (χ2n) is 3.44. The summed E-state index contributed by atoms with van der Waals surface area (Å²) in [6.07, 6.45) is 0. The smallest absolute Gasteiger partial charge is 0.338 e. The SMILES string of the molecule is C=C(Br)CNC(=O)Nc1cc(C(=O)O)c(F)cc1F. The molecule has 0 atom stereocenters. The van der Waals surface area contributed by atoms with E-state index in [4.69, 9.17) is 5.11 Å². The van der Waals surface area contributed by atoms with Gasteiger partial charge in [-0.3, -0.25) is 0 Å². The lowest BCUT2D eigenvalue weighted by atomic mass is 10.2. The number of hydrogen-bond donors (Lipinski definition) is 3. The Hall–Kier alpha value is -1.96. The minimum absolute atomic E-state index is 0.0977. The van der Waals surface area contributed by atoms with E-state index in [1.165, 1.54) is 0 Å². The Labute approximate surface area is 115 Å². The van der Waals surface area contributed by atoms with Crippen molar-refractivity contribution in [3.05, 3.63) is 40.4 Å². The van der Waals surface area contributed by atoms with Crippen LogP contribution in [0.4, 0.5) is 19.3 Å². The lowest BCUT2D eigenvalue weighted by Gasteiger charge is -2.09. The fraction of sp³-hybridized carbons (Fsp3) is 0.0909. The number of anilines is 1. The predicted octanol–water partition coefficient (Wildman–Crippen LogP) is 2.69. The number of carboxylic acid groups (broad SMARTS) is 1. The van der Waals surface area contributed by atoms with Gasteiger partial charge in [0.2, 0.25) is 0 Å². The van der Waals surface area contributed by atoms with Gasteiger partial charge in [-0.25, -0.2) is 18.4 Å². The van der Waals surface area contributed by atoms with E-state index in [-0.39, 0.29) is 6.54 Å². The van der Waals surface area contributed by atoms with Gasteiger partial charge >= 0.3 is 12.0 Å². The molecule has 0 fully saturated rings. The van der Waals surface area contributed by atoms with Crippen LogP contribution in [-0.4, -0.2) is 23.7 Å². The number of rotatable bonds is 4. The van der Waals surface area contributed by atoms with Crippen molar-refractivity contribution in [1.29, 1.82) is 0 Å². The van der Waals surface area contributed by atoms with Crippen molar-refractivity contribution in [2.75, 3.05) is 11.9 Å². The van der Waals surface area contributed by atoms with Crippen LogP contribution in [0.5, 0.6) is 0 Å². The highest BCUT2D eigenvalue weighted by Gasteiger charge is 2.16. The van der Waals surface area contributed by atoms with Crippen molar-refractivity contribution in [2.24, 2.45) is 0 Å². The van der Waals surface area contributed by atoms with Crippen LogP contribution < -0.4 is 10.6 Å². The molecule has 1 rings (SSSR count). The number of halogens is 3. The molecule has 0 aliphatic rings. The van der Waals surface area contributed by atoms with Gasteiger partial charge in [-0.15, -0.1) is 0 Å². The highest BCUT2D eigenvalue weighted by Crippen LogP contribution is 2.19. The summed E-state index contributed by atoms with van der Waals surface area (Å²) in [4.78, 5) is 22.0. The fourth-order valence-corrected chi connectivity index (χ4v) is 1.29. The first-order valence-electron chi connectivity index (χ1n) is 4.91. The molecule has 19 heavy (non-hydrogen) atoms. The van der Waals surface area contributed by atoms with Crippen molar-refractivity contribution >= 4 is 33.6 Å². The first-order chi connectivity index (χ1) is 8.81. The maximum absolute atomic E-state index is 13.4. The van der Waals surface area contributed by atoms with Gasteiger partial charge in [0.05, 0.1) is 17.8 Å². The molecule has 3 N–H and O–H groups in total. The predicted molar refractivity (Wildman–Crippen MR) is 68.4 cm³/mol. The van der Waals surface area contributed by atoms with Crippen molar-refractivity contribution in [1.82, 2.24) is 5.32 Å². The number of carbonyl (C=O) groups excluding carboxylic acids is 1. The summed E-state index contributed by atoms with van der Waals surface area (Å²) in [5.41, 5.74) is -1.17. The van der Waals surface area contributed by atoms with Crippen LogP contribution in [0.1, 0.15) is 10.4 Å². The minimum atomic E-state index is -1.56. The number of aromatic carboxylic acids is 1. The molecule has 0 aromatic heterocycles. The van der Waals surface area contributed by atoms with Gasteiger partial charge in [-0.2, -0.15) is 0 Å². The molecule has 0 spiro atoms. The molecule has 0 saturated heterocycles. The number of hydrogen-bond acceptors (Lipinski definition) is 2. The van der Waals surface area contributed by atoms with E-state index in [1.807, 2.05) is 0 Å². The number of amides is 2. The summed E-state index contributed by atoms with van der Waals surface area (Å²) in [6, 6.07) is 0.320. The van der Waals surface area contributed by atoms with Crippen molar-refractivity contribution in [2.45, 2.75) is 0 Å². The summed E-state index contributed by atoms with van der Waals surface area (Å²) in [6.45, 7) is 3.57. The van der Waals surface area contributed by atoms with Crippen molar-refractivity contribution in [3.63, 3.8) is 0 Å². The third kappa shape index (κ3) is 4.32. The first-order valence-corrected chi connectivity index (χ1v) is 5.71. The van der Waals surface area contributed by atoms with Crippen LogP contribution >= 0.6 is 15.9 Å². The fourth-order valence-electron chi connectivity index (χ4n) is 1.15. The van der Waals surface area contributed by atoms with Crippen LogP contribution in [0, 0.1) is 11.6 Å². The van der Waals surface area contributed by atoms with Gasteiger partial charge in [-0.1, -0.05) is 22.5 Å². The molecule has 8 heteroatoms. The highest BCUT2D eigenvalue weighted by atomic mass is 79.9. The molecule has 0 radical (unpaired) electrons. The van der Waals surface area contributed by atoms with Crippen LogP contribution in [0.25, 0.3) is 0 Å². The van der Waals surface area contributed by atoms with Gasteiger partial charge in [-0.05, 0) is 6.07 Å². The Morgan fingerprint density at radius 1 is 1.32 bits per heavy atom. The molecule has 102 valence electrons. The second kappa shape index (κ2) is 6.28. The standard InChI is InChI=1S/C11H9BrF2N2O3/c1-5(12)4-15-11(19)16-9-2-6(10(17)18)7(13)3-8(9)14/h2-3H,1,4H2,(H,17,18)(H2,15,16,19). The van der Waals surface area contributed by atoms with Gasteiger partial charge < -0.3 is 15.7 Å². The molecule has 2 amide bonds. The molecule has 0 aliphatic heterocycles. The summed E-state index contributed by atoms with van der Waals surface area (Å²) in [5.74, 6) is -3.85. The van der Waals surface area contributed by atoms with E-state index in [9.17, 15) is 18.4 Å². The molecule has 0 aliphatic carbocycles. The van der Waals surface area contributed by atoms with Crippen molar-refractivity contribution in [3.8, 4) is 0 Å². The van der Waals surface area contributed by atoms with Crippen LogP contribution in [0.15, 0.2) is 23.2 Å². The number of urea groups is 1. The molecule has 5 nitrogen and oxygen atoms in total. The maximum Gasteiger partial charge on any atom is 0.338 e. The Kier molecular flexibility index (Phi) is 4.99. The van der Waals surface area contributed by atoms with Crippen LogP contribution in [0.3, 0.4) is 0 Å². The molecular formula is C11H9BrF2N2O3. The van der Waals surface area contributed by atoms with Gasteiger partial charge in [0.15, 0.2) is 0 Å². The Balaban J connectivity index is 2.89. The summed E-state index contributed by atoms with van der Waals surface area (Å²) >= 11 is 3.00. The molecule has 0 bridgehead atoms. The van der Waals surface area contributed by atoms with E-state index < -0.39 is 34.9 Å². The Morgan fingerprint density at radius 3 is 2.47 bits per heavy atom. The molecule has 0 unspecified atom stereocenters. The molecule has 0 heterocycles. The highest BCUT2D eigenvalue weighted by molar-refractivity contribution is 9.11. The second-order valence-corrected chi connectivity index (χ2v) is 4.56. The number of carbonyl (C=O) groups is 2. The number of carboxylic acids is 1. The Bertz CT molecular complexity index is 549. The third-order valence-corrected chi connectivity index (χ3v) is 2.26. The Morgan fingerprint density at radius 2 is 1.95 bits per heavy atom. The van der Waals surface area contributed by atoms with Crippen LogP contribution in [0.2, 0.25) is 0 Å². The minimum Gasteiger partial charge on any atom is -0.478 e. The lowest BCUT2D eigenvalue weighted by Crippen LogP contribution is -2.30. The average Bonchev–Trinajstić information content (AvgIpc) is 2.29. The van der Waals surface area contributed by atoms with Crippen LogP contribution in [-0.2, 0) is 0 Å². The monoisotopic (exact) mass is 334 g/mol.